The van der Waals surface area contributed by atoms with Crippen molar-refractivity contribution in [3.63, 3.8) is 0 Å². The van der Waals surface area contributed by atoms with Crippen LogP contribution in [0.3, 0.4) is 0 Å². The zero-order valence-corrected chi connectivity index (χ0v) is 12.0. The maximum absolute atomic E-state index is 12.2. The number of rotatable bonds is 5. The SMILES string of the molecule is COc1ccccc1CNc1nccn(C(C)C)c1=O. The van der Waals surface area contributed by atoms with Crippen LogP contribution < -0.4 is 15.6 Å². The monoisotopic (exact) mass is 273 g/mol. The zero-order valence-electron chi connectivity index (χ0n) is 12.0. The summed E-state index contributed by atoms with van der Waals surface area (Å²) in [6.07, 6.45) is 3.33. The summed E-state index contributed by atoms with van der Waals surface area (Å²) in [6, 6.07) is 7.80. The first-order chi connectivity index (χ1) is 9.63. The fourth-order valence-corrected chi connectivity index (χ4v) is 1.98. The molecule has 0 saturated heterocycles. The number of ether oxygens (including phenoxy) is 1. The number of nitrogens with zero attached hydrogens (tertiary/aromatic N) is 2. The Bertz CT molecular complexity index is 635. The highest BCUT2D eigenvalue weighted by Crippen LogP contribution is 2.17. The molecule has 0 atom stereocenters. The summed E-state index contributed by atoms with van der Waals surface area (Å²) in [5, 5.41) is 3.07. The highest BCUT2D eigenvalue weighted by Gasteiger charge is 2.08. The van der Waals surface area contributed by atoms with Crippen molar-refractivity contribution in [1.29, 1.82) is 0 Å². The Labute approximate surface area is 118 Å². The minimum Gasteiger partial charge on any atom is -0.496 e. The molecule has 20 heavy (non-hydrogen) atoms. The third kappa shape index (κ3) is 2.99. The number of methoxy groups -OCH3 is 1. The van der Waals surface area contributed by atoms with E-state index in [-0.39, 0.29) is 11.6 Å². The van der Waals surface area contributed by atoms with E-state index in [1.807, 2.05) is 38.1 Å². The Morgan fingerprint density at radius 2 is 2.10 bits per heavy atom. The van der Waals surface area contributed by atoms with E-state index in [9.17, 15) is 4.79 Å². The van der Waals surface area contributed by atoms with Crippen LogP contribution in [0.4, 0.5) is 5.82 Å². The summed E-state index contributed by atoms with van der Waals surface area (Å²) < 4.78 is 6.93. The van der Waals surface area contributed by atoms with Crippen molar-refractivity contribution >= 4 is 5.82 Å². The molecule has 0 fully saturated rings. The van der Waals surface area contributed by atoms with Crippen molar-refractivity contribution in [2.45, 2.75) is 26.4 Å². The van der Waals surface area contributed by atoms with Gasteiger partial charge >= 0.3 is 0 Å². The van der Waals surface area contributed by atoms with Crippen molar-refractivity contribution in [2.75, 3.05) is 12.4 Å². The molecule has 0 aliphatic carbocycles. The predicted octanol–water partition coefficient (Wildman–Crippen LogP) is 2.44. The van der Waals surface area contributed by atoms with E-state index in [0.717, 1.165) is 11.3 Å². The molecule has 0 saturated carbocycles. The fraction of sp³-hybridized carbons (Fsp3) is 0.333. The molecule has 0 amide bonds. The molecule has 5 heteroatoms. The van der Waals surface area contributed by atoms with Crippen LogP contribution in [0, 0.1) is 0 Å². The molecular weight excluding hydrogens is 254 g/mol. The largest absolute Gasteiger partial charge is 0.496 e. The van der Waals surface area contributed by atoms with Gasteiger partial charge < -0.3 is 14.6 Å². The summed E-state index contributed by atoms with van der Waals surface area (Å²) in [4.78, 5) is 16.3. The molecule has 1 N–H and O–H groups in total. The Kier molecular flexibility index (Phi) is 4.40. The van der Waals surface area contributed by atoms with Crippen molar-refractivity contribution < 1.29 is 4.74 Å². The van der Waals surface area contributed by atoms with Gasteiger partial charge in [-0.25, -0.2) is 4.98 Å². The number of hydrogen-bond acceptors (Lipinski definition) is 4. The lowest BCUT2D eigenvalue weighted by molar-refractivity contribution is 0.410. The number of aromatic nitrogens is 2. The standard InChI is InChI=1S/C15H19N3O2/c1-11(2)18-9-8-16-14(15(18)19)17-10-12-6-4-5-7-13(12)20-3/h4-9,11H,10H2,1-3H3,(H,16,17). The third-order valence-electron chi connectivity index (χ3n) is 3.06. The number of hydrogen-bond donors (Lipinski definition) is 1. The Hall–Kier alpha value is -2.30. The molecule has 0 radical (unpaired) electrons. The fourth-order valence-electron chi connectivity index (χ4n) is 1.98. The minimum atomic E-state index is -0.114. The van der Waals surface area contributed by atoms with Crippen molar-refractivity contribution in [2.24, 2.45) is 0 Å². The normalized spacial score (nSPS) is 10.6. The smallest absolute Gasteiger partial charge is 0.293 e. The van der Waals surface area contributed by atoms with Crippen molar-refractivity contribution in [1.82, 2.24) is 9.55 Å². The second-order valence-electron chi connectivity index (χ2n) is 4.75. The van der Waals surface area contributed by atoms with Gasteiger partial charge in [-0.3, -0.25) is 4.79 Å². The average molecular weight is 273 g/mol. The van der Waals surface area contributed by atoms with E-state index in [1.165, 1.54) is 0 Å². The van der Waals surface area contributed by atoms with Crippen LogP contribution >= 0.6 is 0 Å². The van der Waals surface area contributed by atoms with Gasteiger partial charge in [0, 0.05) is 30.5 Å². The van der Waals surface area contributed by atoms with E-state index in [4.69, 9.17) is 4.74 Å². The van der Waals surface area contributed by atoms with E-state index in [2.05, 4.69) is 10.3 Å². The van der Waals surface area contributed by atoms with Crippen molar-refractivity contribution in [3.8, 4) is 5.75 Å². The maximum atomic E-state index is 12.2. The summed E-state index contributed by atoms with van der Waals surface area (Å²) in [7, 11) is 1.63. The van der Waals surface area contributed by atoms with Gasteiger partial charge in [-0.1, -0.05) is 18.2 Å². The molecule has 1 heterocycles. The first kappa shape index (κ1) is 14.1. The van der Waals surface area contributed by atoms with E-state index in [0.29, 0.717) is 12.4 Å². The van der Waals surface area contributed by atoms with Crippen LogP contribution in [0.25, 0.3) is 0 Å². The molecule has 1 aromatic carbocycles. The highest BCUT2D eigenvalue weighted by atomic mass is 16.5. The molecule has 0 aliphatic heterocycles. The molecule has 2 rings (SSSR count). The molecule has 106 valence electrons. The third-order valence-corrected chi connectivity index (χ3v) is 3.06. The van der Waals surface area contributed by atoms with Gasteiger partial charge in [0.1, 0.15) is 5.75 Å². The summed E-state index contributed by atoms with van der Waals surface area (Å²) >= 11 is 0. The Morgan fingerprint density at radius 1 is 1.35 bits per heavy atom. The second kappa shape index (κ2) is 6.23. The van der Waals surface area contributed by atoms with Gasteiger partial charge in [-0.2, -0.15) is 0 Å². The minimum absolute atomic E-state index is 0.109. The molecule has 0 aliphatic rings. The predicted molar refractivity (Wildman–Crippen MR) is 79.2 cm³/mol. The summed E-state index contributed by atoms with van der Waals surface area (Å²) in [6.45, 7) is 4.42. The van der Waals surface area contributed by atoms with Gasteiger partial charge in [0.15, 0.2) is 5.82 Å². The van der Waals surface area contributed by atoms with Gasteiger partial charge in [0.25, 0.3) is 5.56 Å². The number of benzene rings is 1. The van der Waals surface area contributed by atoms with Gasteiger partial charge in [0.05, 0.1) is 7.11 Å². The average Bonchev–Trinajstić information content (AvgIpc) is 2.46. The molecule has 0 unspecified atom stereocenters. The first-order valence-electron chi connectivity index (χ1n) is 6.56. The zero-order chi connectivity index (χ0) is 14.5. The van der Waals surface area contributed by atoms with Gasteiger partial charge in [0.2, 0.25) is 0 Å². The van der Waals surface area contributed by atoms with Crippen LogP contribution in [0.2, 0.25) is 0 Å². The lowest BCUT2D eigenvalue weighted by atomic mass is 10.2. The lowest BCUT2D eigenvalue weighted by Crippen LogP contribution is -2.25. The van der Waals surface area contributed by atoms with Gasteiger partial charge in [-0.15, -0.1) is 0 Å². The molecule has 0 spiro atoms. The quantitative estimate of drug-likeness (QED) is 0.909. The summed E-state index contributed by atoms with van der Waals surface area (Å²) in [5.41, 5.74) is 0.869. The van der Waals surface area contributed by atoms with Gasteiger partial charge in [-0.05, 0) is 19.9 Å². The number of para-hydroxylation sites is 1. The van der Waals surface area contributed by atoms with E-state index in [1.54, 1.807) is 24.1 Å². The lowest BCUT2D eigenvalue weighted by Gasteiger charge is -2.12. The Balaban J connectivity index is 2.19. The summed E-state index contributed by atoms with van der Waals surface area (Å²) in [5.74, 6) is 1.15. The molecular formula is C15H19N3O2. The highest BCUT2D eigenvalue weighted by molar-refractivity contribution is 5.38. The first-order valence-corrected chi connectivity index (χ1v) is 6.56. The topological polar surface area (TPSA) is 56.1 Å². The van der Waals surface area contributed by atoms with Crippen LogP contribution in [0.5, 0.6) is 5.75 Å². The maximum Gasteiger partial charge on any atom is 0.293 e. The number of nitrogens with one attached hydrogen (secondary N) is 1. The molecule has 1 aromatic heterocycles. The second-order valence-corrected chi connectivity index (χ2v) is 4.75. The van der Waals surface area contributed by atoms with Crippen molar-refractivity contribution in [3.05, 3.63) is 52.6 Å². The van der Waals surface area contributed by atoms with Crippen LogP contribution in [0.1, 0.15) is 25.5 Å². The van der Waals surface area contributed by atoms with Crippen LogP contribution in [0.15, 0.2) is 41.5 Å². The Morgan fingerprint density at radius 3 is 2.80 bits per heavy atom. The van der Waals surface area contributed by atoms with Crippen LogP contribution in [-0.2, 0) is 6.54 Å². The molecule has 0 bridgehead atoms. The van der Waals surface area contributed by atoms with E-state index >= 15 is 0 Å². The number of anilines is 1. The molecule has 2 aromatic rings. The van der Waals surface area contributed by atoms with E-state index < -0.39 is 0 Å². The molecule has 5 nitrogen and oxygen atoms in total. The van der Waals surface area contributed by atoms with Crippen LogP contribution in [-0.4, -0.2) is 16.7 Å².